The Morgan fingerprint density at radius 3 is 2.61 bits per heavy atom. The van der Waals surface area contributed by atoms with Crippen LogP contribution in [0.2, 0.25) is 0 Å². The fraction of sp³-hybridized carbons (Fsp3) is 0.133. The number of nitriles is 1. The monoisotopic (exact) mass is 301 g/mol. The fourth-order valence-corrected chi connectivity index (χ4v) is 1.96. The molecule has 0 aromatic heterocycles. The van der Waals surface area contributed by atoms with Crippen molar-refractivity contribution in [3.8, 4) is 11.8 Å². The highest BCUT2D eigenvalue weighted by Crippen LogP contribution is 2.17. The standard InChI is InChI=1S/C15H12BrNO/c16-9-12-3-2-6-15(8-12)18-11-14-5-1-4-13(7-14)10-17/h1-8H,9,11H2. The minimum atomic E-state index is 0.473. The van der Waals surface area contributed by atoms with Gasteiger partial charge in [0.05, 0.1) is 11.6 Å². The average molecular weight is 302 g/mol. The maximum Gasteiger partial charge on any atom is 0.120 e. The first-order valence-electron chi connectivity index (χ1n) is 5.58. The first kappa shape index (κ1) is 12.7. The molecule has 0 saturated heterocycles. The zero-order valence-electron chi connectivity index (χ0n) is 9.77. The summed E-state index contributed by atoms with van der Waals surface area (Å²) in [5.41, 5.74) is 2.84. The van der Waals surface area contributed by atoms with Crippen molar-refractivity contribution in [2.45, 2.75) is 11.9 Å². The van der Waals surface area contributed by atoms with Gasteiger partial charge in [-0.1, -0.05) is 40.2 Å². The predicted octanol–water partition coefficient (Wildman–Crippen LogP) is 4.03. The minimum absolute atomic E-state index is 0.473. The highest BCUT2D eigenvalue weighted by molar-refractivity contribution is 9.08. The first-order valence-corrected chi connectivity index (χ1v) is 6.70. The van der Waals surface area contributed by atoms with Gasteiger partial charge in [0.25, 0.3) is 0 Å². The second kappa shape index (κ2) is 6.23. The quantitative estimate of drug-likeness (QED) is 0.799. The fourth-order valence-electron chi connectivity index (χ4n) is 1.62. The van der Waals surface area contributed by atoms with E-state index in [9.17, 15) is 0 Å². The SMILES string of the molecule is N#Cc1cccc(COc2cccc(CBr)c2)c1. The first-order chi connectivity index (χ1) is 8.81. The van der Waals surface area contributed by atoms with Crippen molar-refractivity contribution in [2.75, 3.05) is 0 Å². The molecule has 0 unspecified atom stereocenters. The summed E-state index contributed by atoms with van der Waals surface area (Å²) in [5, 5.41) is 9.63. The maximum absolute atomic E-state index is 8.82. The predicted molar refractivity (Wildman–Crippen MR) is 74.6 cm³/mol. The van der Waals surface area contributed by atoms with Crippen LogP contribution in [0.5, 0.6) is 5.75 Å². The van der Waals surface area contributed by atoms with E-state index in [1.54, 1.807) is 6.07 Å². The Balaban J connectivity index is 2.04. The van der Waals surface area contributed by atoms with E-state index in [2.05, 4.69) is 22.0 Å². The van der Waals surface area contributed by atoms with Gasteiger partial charge in [-0.2, -0.15) is 5.26 Å². The normalized spacial score (nSPS) is 9.78. The number of halogens is 1. The Morgan fingerprint density at radius 2 is 1.83 bits per heavy atom. The van der Waals surface area contributed by atoms with Crippen LogP contribution in [0.15, 0.2) is 48.5 Å². The van der Waals surface area contributed by atoms with Crippen LogP contribution in [-0.4, -0.2) is 0 Å². The Morgan fingerprint density at radius 1 is 1.06 bits per heavy atom. The molecule has 2 aromatic rings. The molecule has 0 heterocycles. The van der Waals surface area contributed by atoms with Crippen molar-refractivity contribution in [3.05, 3.63) is 65.2 Å². The lowest BCUT2D eigenvalue weighted by molar-refractivity contribution is 0.306. The van der Waals surface area contributed by atoms with Gasteiger partial charge in [-0.3, -0.25) is 0 Å². The van der Waals surface area contributed by atoms with Crippen LogP contribution < -0.4 is 4.74 Å². The zero-order valence-corrected chi connectivity index (χ0v) is 11.4. The molecule has 0 saturated carbocycles. The minimum Gasteiger partial charge on any atom is -0.489 e. The van der Waals surface area contributed by atoms with Crippen LogP contribution in [0.4, 0.5) is 0 Å². The van der Waals surface area contributed by atoms with Gasteiger partial charge in [0.2, 0.25) is 0 Å². The van der Waals surface area contributed by atoms with Crippen LogP contribution in [0, 0.1) is 11.3 Å². The highest BCUT2D eigenvalue weighted by atomic mass is 79.9. The van der Waals surface area contributed by atoms with E-state index in [-0.39, 0.29) is 0 Å². The van der Waals surface area contributed by atoms with Gasteiger partial charge >= 0.3 is 0 Å². The molecular weight excluding hydrogens is 290 g/mol. The number of hydrogen-bond acceptors (Lipinski definition) is 2. The summed E-state index contributed by atoms with van der Waals surface area (Å²) in [7, 11) is 0. The molecule has 18 heavy (non-hydrogen) atoms. The summed E-state index contributed by atoms with van der Waals surface area (Å²) < 4.78 is 5.70. The lowest BCUT2D eigenvalue weighted by Gasteiger charge is -2.07. The van der Waals surface area contributed by atoms with E-state index in [4.69, 9.17) is 10.00 Å². The molecule has 0 radical (unpaired) electrons. The van der Waals surface area contributed by atoms with E-state index in [0.717, 1.165) is 16.6 Å². The molecule has 0 aliphatic rings. The Kier molecular flexibility index (Phi) is 4.38. The third-order valence-corrected chi connectivity index (χ3v) is 3.16. The van der Waals surface area contributed by atoms with Crippen LogP contribution in [0.25, 0.3) is 0 Å². The van der Waals surface area contributed by atoms with Gasteiger partial charge in [-0.15, -0.1) is 0 Å². The van der Waals surface area contributed by atoms with Gasteiger partial charge in [-0.25, -0.2) is 0 Å². The third-order valence-electron chi connectivity index (χ3n) is 2.51. The topological polar surface area (TPSA) is 33.0 Å². The number of ether oxygens (including phenoxy) is 1. The molecule has 0 spiro atoms. The lowest BCUT2D eigenvalue weighted by Crippen LogP contribution is -1.96. The van der Waals surface area contributed by atoms with E-state index in [0.29, 0.717) is 12.2 Å². The van der Waals surface area contributed by atoms with Crippen molar-refractivity contribution in [2.24, 2.45) is 0 Å². The molecule has 0 bridgehead atoms. The maximum atomic E-state index is 8.82. The Labute approximate surface area is 115 Å². The highest BCUT2D eigenvalue weighted by Gasteiger charge is 1.99. The Hall–Kier alpha value is -1.79. The third kappa shape index (κ3) is 3.35. The van der Waals surface area contributed by atoms with Gasteiger partial charge in [0, 0.05) is 5.33 Å². The molecule has 2 rings (SSSR count). The smallest absolute Gasteiger partial charge is 0.120 e. The van der Waals surface area contributed by atoms with Crippen molar-refractivity contribution in [3.63, 3.8) is 0 Å². The molecule has 3 heteroatoms. The van der Waals surface area contributed by atoms with Crippen molar-refractivity contribution < 1.29 is 4.74 Å². The van der Waals surface area contributed by atoms with Crippen molar-refractivity contribution in [1.29, 1.82) is 5.26 Å². The summed E-state index contributed by atoms with van der Waals surface area (Å²) in [6, 6.07) is 17.5. The lowest BCUT2D eigenvalue weighted by atomic mass is 10.1. The molecule has 0 N–H and O–H groups in total. The molecule has 0 aliphatic carbocycles. The largest absolute Gasteiger partial charge is 0.489 e. The summed E-state index contributed by atoms with van der Waals surface area (Å²) >= 11 is 3.41. The average Bonchev–Trinajstić information content (AvgIpc) is 2.45. The van der Waals surface area contributed by atoms with Crippen molar-refractivity contribution >= 4 is 15.9 Å². The van der Waals surface area contributed by atoms with E-state index >= 15 is 0 Å². The zero-order chi connectivity index (χ0) is 12.8. The Bertz CT molecular complexity index is 575. The van der Waals surface area contributed by atoms with Crippen molar-refractivity contribution in [1.82, 2.24) is 0 Å². The van der Waals surface area contributed by atoms with E-state index in [1.807, 2.05) is 42.5 Å². The molecule has 0 amide bonds. The van der Waals surface area contributed by atoms with Gasteiger partial charge in [0.1, 0.15) is 12.4 Å². The molecule has 0 aliphatic heterocycles. The number of nitrogens with zero attached hydrogens (tertiary/aromatic N) is 1. The number of hydrogen-bond donors (Lipinski definition) is 0. The van der Waals surface area contributed by atoms with Crippen LogP contribution in [0.1, 0.15) is 16.7 Å². The molecule has 90 valence electrons. The van der Waals surface area contributed by atoms with E-state index < -0.39 is 0 Å². The summed E-state index contributed by atoms with van der Waals surface area (Å²) in [6.45, 7) is 0.473. The van der Waals surface area contributed by atoms with E-state index in [1.165, 1.54) is 5.56 Å². The van der Waals surface area contributed by atoms with Gasteiger partial charge in [0.15, 0.2) is 0 Å². The number of rotatable bonds is 4. The van der Waals surface area contributed by atoms with Crippen LogP contribution >= 0.6 is 15.9 Å². The molecule has 0 fully saturated rings. The molecule has 2 nitrogen and oxygen atoms in total. The number of alkyl halides is 1. The summed E-state index contributed by atoms with van der Waals surface area (Å²) in [5.74, 6) is 0.842. The second-order valence-electron chi connectivity index (χ2n) is 3.88. The van der Waals surface area contributed by atoms with Crippen LogP contribution in [-0.2, 0) is 11.9 Å². The summed E-state index contributed by atoms with van der Waals surface area (Å²) in [6.07, 6.45) is 0. The second-order valence-corrected chi connectivity index (χ2v) is 4.44. The molecule has 2 aromatic carbocycles. The molecule has 0 atom stereocenters. The number of benzene rings is 2. The van der Waals surface area contributed by atoms with Gasteiger partial charge in [-0.05, 0) is 35.4 Å². The molecular formula is C15H12BrNO. The van der Waals surface area contributed by atoms with Gasteiger partial charge < -0.3 is 4.74 Å². The summed E-state index contributed by atoms with van der Waals surface area (Å²) in [4.78, 5) is 0. The van der Waals surface area contributed by atoms with Crippen LogP contribution in [0.3, 0.4) is 0 Å².